The van der Waals surface area contributed by atoms with Gasteiger partial charge in [-0.05, 0) is 36.2 Å². The second-order valence-corrected chi connectivity index (χ2v) is 6.05. The van der Waals surface area contributed by atoms with Gasteiger partial charge in [-0.3, -0.25) is 19.7 Å². The van der Waals surface area contributed by atoms with Crippen molar-refractivity contribution in [1.29, 1.82) is 0 Å². The molecule has 0 spiro atoms. The van der Waals surface area contributed by atoms with Crippen molar-refractivity contribution in [2.45, 2.75) is 13.3 Å². The minimum absolute atomic E-state index is 0.300. The number of pyridine rings is 1. The Morgan fingerprint density at radius 3 is 2.27 bits per heavy atom. The third-order valence-corrected chi connectivity index (χ3v) is 4.35. The Hall–Kier alpha value is -3.05. The third-order valence-electron chi connectivity index (χ3n) is 4.04. The van der Waals surface area contributed by atoms with Crippen LogP contribution in [0.15, 0.2) is 48.5 Å². The molecule has 3 aromatic rings. The molecule has 0 aliphatic carbocycles. The maximum Gasteiger partial charge on any atom is 0.258 e. The average Bonchev–Trinajstić information content (AvgIpc) is 2.96. The number of rotatable bonds is 2. The predicted octanol–water partition coefficient (Wildman–Crippen LogP) is 3.83. The summed E-state index contributed by atoms with van der Waals surface area (Å²) in [5, 5.41) is 3.76. The number of aromatic nitrogens is 1. The number of aldehydes is 1. The molecule has 5 nitrogen and oxygen atoms in total. The largest absolute Gasteiger partial charge is 0.296 e. The van der Waals surface area contributed by atoms with E-state index in [-0.39, 0.29) is 11.8 Å². The molecule has 130 valence electrons. The Kier molecular flexibility index (Phi) is 5.09. The smallest absolute Gasteiger partial charge is 0.258 e. The quantitative estimate of drug-likeness (QED) is 0.552. The van der Waals surface area contributed by atoms with E-state index in [0.29, 0.717) is 27.4 Å². The lowest BCUT2D eigenvalue weighted by Crippen LogP contribution is -2.19. The first-order chi connectivity index (χ1) is 12.5. The second kappa shape index (κ2) is 7.45. The summed E-state index contributed by atoms with van der Waals surface area (Å²) in [6.07, 6.45) is 1.57. The highest BCUT2D eigenvalue weighted by Crippen LogP contribution is 2.23. The Balaban J connectivity index is 0.000000158. The van der Waals surface area contributed by atoms with Gasteiger partial charge in [-0.1, -0.05) is 42.8 Å². The number of halogens is 1. The number of hydrogen-bond acceptors (Lipinski definition) is 4. The molecule has 0 saturated carbocycles. The number of aryl methyl sites for hydroxylation is 1. The summed E-state index contributed by atoms with van der Waals surface area (Å²) in [6, 6.07) is 14.3. The molecule has 1 aliphatic rings. The van der Waals surface area contributed by atoms with Crippen molar-refractivity contribution in [1.82, 2.24) is 10.3 Å². The van der Waals surface area contributed by atoms with E-state index in [1.165, 1.54) is 0 Å². The average molecular weight is 367 g/mol. The zero-order valence-corrected chi connectivity index (χ0v) is 14.7. The van der Waals surface area contributed by atoms with Gasteiger partial charge >= 0.3 is 0 Å². The molecule has 0 bridgehead atoms. The van der Waals surface area contributed by atoms with E-state index in [4.69, 9.17) is 11.6 Å². The Bertz CT molecular complexity index is 998. The number of imide groups is 1. The molecule has 2 amide bonds. The number of carbonyl (C=O) groups excluding carboxylic acids is 3. The molecular formula is C20H15ClN2O3. The van der Waals surface area contributed by atoms with Gasteiger partial charge < -0.3 is 0 Å². The molecule has 1 N–H and O–H groups in total. The van der Waals surface area contributed by atoms with E-state index < -0.39 is 0 Å². The van der Waals surface area contributed by atoms with Crippen molar-refractivity contribution in [2.24, 2.45) is 0 Å². The maximum atomic E-state index is 10.9. The number of nitrogens with one attached hydrogen (secondary N) is 1. The fourth-order valence-corrected chi connectivity index (χ4v) is 2.95. The zero-order chi connectivity index (χ0) is 18.7. The van der Waals surface area contributed by atoms with Gasteiger partial charge in [-0.2, -0.15) is 0 Å². The molecular weight excluding hydrogens is 352 g/mol. The minimum atomic E-state index is -0.300. The van der Waals surface area contributed by atoms with E-state index in [1.807, 2.05) is 25.1 Å². The Morgan fingerprint density at radius 1 is 1.04 bits per heavy atom. The lowest BCUT2D eigenvalue weighted by molar-refractivity contribution is 0.0879. The number of carbonyl (C=O) groups is 3. The fraction of sp³-hybridized carbons (Fsp3) is 0.100. The molecule has 2 aromatic carbocycles. The molecule has 0 unspecified atom stereocenters. The second-order valence-electron chi connectivity index (χ2n) is 5.64. The number of amides is 2. The van der Waals surface area contributed by atoms with Crippen LogP contribution in [0.1, 0.15) is 43.7 Å². The van der Waals surface area contributed by atoms with Gasteiger partial charge in [0.15, 0.2) is 6.29 Å². The summed E-state index contributed by atoms with van der Waals surface area (Å²) in [5.74, 6) is -0.601. The van der Waals surface area contributed by atoms with Crippen LogP contribution in [0.3, 0.4) is 0 Å². The van der Waals surface area contributed by atoms with Crippen LogP contribution in [-0.2, 0) is 6.42 Å². The van der Waals surface area contributed by atoms with Crippen molar-refractivity contribution in [3.8, 4) is 0 Å². The van der Waals surface area contributed by atoms with E-state index in [2.05, 4.69) is 10.3 Å². The van der Waals surface area contributed by atoms with E-state index >= 15 is 0 Å². The first kappa shape index (κ1) is 17.8. The highest BCUT2D eigenvalue weighted by molar-refractivity contribution is 6.35. The molecule has 4 rings (SSSR count). The first-order valence-corrected chi connectivity index (χ1v) is 8.41. The maximum absolute atomic E-state index is 10.9. The van der Waals surface area contributed by atoms with Gasteiger partial charge in [0.05, 0.1) is 21.7 Å². The normalized spacial score (nSPS) is 12.2. The van der Waals surface area contributed by atoms with E-state index in [1.54, 1.807) is 30.3 Å². The molecule has 26 heavy (non-hydrogen) atoms. The number of hydrogen-bond donors (Lipinski definition) is 1. The van der Waals surface area contributed by atoms with E-state index in [9.17, 15) is 14.4 Å². The van der Waals surface area contributed by atoms with Crippen molar-refractivity contribution in [3.05, 3.63) is 75.9 Å². The van der Waals surface area contributed by atoms with Crippen LogP contribution in [0, 0.1) is 0 Å². The first-order valence-electron chi connectivity index (χ1n) is 8.03. The van der Waals surface area contributed by atoms with Crippen molar-refractivity contribution < 1.29 is 14.4 Å². The fourth-order valence-electron chi connectivity index (χ4n) is 2.72. The van der Waals surface area contributed by atoms with Crippen molar-refractivity contribution in [2.75, 3.05) is 0 Å². The minimum Gasteiger partial charge on any atom is -0.296 e. The molecule has 2 heterocycles. The van der Waals surface area contributed by atoms with Crippen LogP contribution < -0.4 is 5.32 Å². The molecule has 0 atom stereocenters. The molecule has 0 fully saturated rings. The van der Waals surface area contributed by atoms with Crippen molar-refractivity contribution >= 4 is 40.6 Å². The number of fused-ring (bicyclic) bond motifs is 2. The monoisotopic (exact) mass is 366 g/mol. The van der Waals surface area contributed by atoms with Gasteiger partial charge in [0.25, 0.3) is 11.8 Å². The third kappa shape index (κ3) is 3.34. The van der Waals surface area contributed by atoms with Crippen LogP contribution in [0.5, 0.6) is 0 Å². The molecule has 1 aromatic heterocycles. The SMILES string of the molecule is CCc1cc2cccc(Cl)c2nc1C=O.O=C1NC(=O)c2ccccc21. The van der Waals surface area contributed by atoms with Crippen LogP contribution >= 0.6 is 11.6 Å². The van der Waals surface area contributed by atoms with Gasteiger partial charge in [-0.15, -0.1) is 0 Å². The van der Waals surface area contributed by atoms with Crippen LogP contribution in [-0.4, -0.2) is 23.1 Å². The topological polar surface area (TPSA) is 76.1 Å². The highest BCUT2D eigenvalue weighted by atomic mass is 35.5. The van der Waals surface area contributed by atoms with Crippen LogP contribution in [0.4, 0.5) is 0 Å². The van der Waals surface area contributed by atoms with Crippen LogP contribution in [0.25, 0.3) is 10.9 Å². The summed E-state index contributed by atoms with van der Waals surface area (Å²) in [4.78, 5) is 37.0. The van der Waals surface area contributed by atoms with Gasteiger partial charge in [0.2, 0.25) is 0 Å². The summed E-state index contributed by atoms with van der Waals surface area (Å²) < 4.78 is 0. The number of para-hydroxylation sites is 1. The summed E-state index contributed by atoms with van der Waals surface area (Å²) in [5.41, 5.74) is 3.08. The Labute approximate surface area is 155 Å². The van der Waals surface area contributed by atoms with Crippen LogP contribution in [0.2, 0.25) is 5.02 Å². The van der Waals surface area contributed by atoms with E-state index in [0.717, 1.165) is 23.7 Å². The molecule has 0 saturated heterocycles. The number of benzene rings is 2. The zero-order valence-electron chi connectivity index (χ0n) is 14.0. The molecule has 1 aliphatic heterocycles. The summed E-state index contributed by atoms with van der Waals surface area (Å²) in [7, 11) is 0. The standard InChI is InChI=1S/C12H10ClNO.C8H5NO2/c1-2-8-6-9-4-3-5-10(13)12(9)14-11(8)7-15;10-7-5-3-1-2-4-6(5)8(11)9-7/h3-7H,2H2,1H3;1-4H,(H,9,10,11). The summed E-state index contributed by atoms with van der Waals surface area (Å²) in [6.45, 7) is 2.00. The molecule has 0 radical (unpaired) electrons. The summed E-state index contributed by atoms with van der Waals surface area (Å²) >= 11 is 6.00. The predicted molar refractivity (Wildman–Crippen MR) is 99.8 cm³/mol. The highest BCUT2D eigenvalue weighted by Gasteiger charge is 2.25. The lowest BCUT2D eigenvalue weighted by atomic mass is 10.1. The molecule has 6 heteroatoms. The Morgan fingerprint density at radius 2 is 1.69 bits per heavy atom. The van der Waals surface area contributed by atoms with Gasteiger partial charge in [0, 0.05) is 5.39 Å². The van der Waals surface area contributed by atoms with Gasteiger partial charge in [0.1, 0.15) is 5.69 Å². The van der Waals surface area contributed by atoms with Gasteiger partial charge in [-0.25, -0.2) is 4.98 Å². The van der Waals surface area contributed by atoms with Crippen molar-refractivity contribution in [3.63, 3.8) is 0 Å². The number of nitrogens with zero attached hydrogens (tertiary/aromatic N) is 1. The lowest BCUT2D eigenvalue weighted by Gasteiger charge is -2.05.